The van der Waals surface area contributed by atoms with E-state index in [-0.39, 0.29) is 0 Å². The van der Waals surface area contributed by atoms with Gasteiger partial charge in [0.25, 0.3) is 0 Å². The Kier molecular flexibility index (Phi) is 5.97. The van der Waals surface area contributed by atoms with Crippen LogP contribution >= 0.6 is 0 Å². The van der Waals surface area contributed by atoms with E-state index in [9.17, 15) is 0 Å². The third-order valence-corrected chi connectivity index (χ3v) is 4.91. The number of hydrogen-bond donors (Lipinski definition) is 1. The maximum Gasteiger partial charge on any atom is 0.0104 e. The van der Waals surface area contributed by atoms with Crippen molar-refractivity contribution in [2.24, 2.45) is 11.8 Å². The molecule has 0 spiro atoms. The van der Waals surface area contributed by atoms with Crippen molar-refractivity contribution in [1.82, 2.24) is 10.2 Å². The van der Waals surface area contributed by atoms with E-state index in [1.54, 1.807) is 0 Å². The van der Waals surface area contributed by atoms with Gasteiger partial charge in [0.15, 0.2) is 0 Å². The standard InChI is InChI=1S/C16H32N2/c1-14-6-5-9-16(12-14)17-10-11-18(2)13-15-7-3-4-8-15/h14-17H,3-13H2,1-2H3. The highest BCUT2D eigenvalue weighted by Crippen LogP contribution is 2.25. The van der Waals surface area contributed by atoms with Crippen LogP contribution in [-0.4, -0.2) is 37.6 Å². The van der Waals surface area contributed by atoms with Crippen LogP contribution in [0.1, 0.15) is 58.3 Å². The van der Waals surface area contributed by atoms with Gasteiger partial charge in [-0.25, -0.2) is 0 Å². The average molecular weight is 252 g/mol. The molecule has 2 heteroatoms. The molecule has 2 unspecified atom stereocenters. The molecule has 2 saturated carbocycles. The molecule has 0 heterocycles. The van der Waals surface area contributed by atoms with Gasteiger partial charge in [0, 0.05) is 25.7 Å². The Hall–Kier alpha value is -0.0800. The first-order chi connectivity index (χ1) is 8.74. The number of hydrogen-bond acceptors (Lipinski definition) is 2. The summed E-state index contributed by atoms with van der Waals surface area (Å²) in [6, 6.07) is 0.800. The molecule has 2 nitrogen and oxygen atoms in total. The zero-order chi connectivity index (χ0) is 12.8. The monoisotopic (exact) mass is 252 g/mol. The minimum absolute atomic E-state index is 0.800. The predicted octanol–water partition coefficient (Wildman–Crippen LogP) is 3.28. The Bertz CT molecular complexity index is 223. The fourth-order valence-electron chi connectivity index (χ4n) is 3.80. The number of likely N-dealkylation sites (N-methyl/N-ethyl adjacent to an activating group) is 1. The molecule has 0 aliphatic heterocycles. The SMILES string of the molecule is CC1CCCC(NCCN(C)CC2CCCC2)C1. The maximum absolute atomic E-state index is 3.77. The minimum atomic E-state index is 0.800. The largest absolute Gasteiger partial charge is 0.313 e. The van der Waals surface area contributed by atoms with Gasteiger partial charge in [-0.1, -0.05) is 32.6 Å². The van der Waals surface area contributed by atoms with Gasteiger partial charge < -0.3 is 10.2 Å². The molecule has 0 bridgehead atoms. The van der Waals surface area contributed by atoms with Crippen molar-refractivity contribution in [3.63, 3.8) is 0 Å². The number of rotatable bonds is 6. The van der Waals surface area contributed by atoms with E-state index < -0.39 is 0 Å². The van der Waals surface area contributed by atoms with Crippen molar-refractivity contribution in [2.75, 3.05) is 26.7 Å². The van der Waals surface area contributed by atoms with Crippen LogP contribution in [-0.2, 0) is 0 Å². The molecule has 0 saturated heterocycles. The molecule has 2 aliphatic carbocycles. The smallest absolute Gasteiger partial charge is 0.0104 e. The third kappa shape index (κ3) is 4.89. The van der Waals surface area contributed by atoms with Crippen molar-refractivity contribution in [1.29, 1.82) is 0 Å². The van der Waals surface area contributed by atoms with Gasteiger partial charge in [0.05, 0.1) is 0 Å². The molecule has 2 fully saturated rings. The van der Waals surface area contributed by atoms with Gasteiger partial charge in [0.1, 0.15) is 0 Å². The molecular weight excluding hydrogens is 220 g/mol. The summed E-state index contributed by atoms with van der Waals surface area (Å²) < 4.78 is 0. The lowest BCUT2D eigenvalue weighted by molar-refractivity contribution is 0.255. The van der Waals surface area contributed by atoms with Crippen molar-refractivity contribution < 1.29 is 0 Å². The molecule has 2 aliphatic rings. The number of nitrogens with one attached hydrogen (secondary N) is 1. The molecule has 1 N–H and O–H groups in total. The number of nitrogens with zero attached hydrogens (tertiary/aromatic N) is 1. The minimum Gasteiger partial charge on any atom is -0.313 e. The van der Waals surface area contributed by atoms with E-state index >= 15 is 0 Å². The lowest BCUT2D eigenvalue weighted by atomic mass is 9.87. The van der Waals surface area contributed by atoms with E-state index in [0.29, 0.717) is 0 Å². The molecule has 106 valence electrons. The van der Waals surface area contributed by atoms with Crippen LogP contribution in [0.4, 0.5) is 0 Å². The van der Waals surface area contributed by atoms with E-state index in [4.69, 9.17) is 0 Å². The molecule has 2 rings (SSSR count). The topological polar surface area (TPSA) is 15.3 Å². The van der Waals surface area contributed by atoms with Crippen LogP contribution in [0.3, 0.4) is 0 Å². The van der Waals surface area contributed by atoms with Gasteiger partial charge in [-0.15, -0.1) is 0 Å². The molecule has 0 radical (unpaired) electrons. The Morgan fingerprint density at radius 1 is 1.06 bits per heavy atom. The van der Waals surface area contributed by atoms with E-state index in [0.717, 1.165) is 17.9 Å². The second-order valence-corrected chi connectivity index (χ2v) is 6.84. The van der Waals surface area contributed by atoms with E-state index in [1.165, 1.54) is 71.0 Å². The summed E-state index contributed by atoms with van der Waals surface area (Å²) in [7, 11) is 2.30. The molecular formula is C16H32N2. The molecule has 18 heavy (non-hydrogen) atoms. The Morgan fingerprint density at radius 2 is 1.83 bits per heavy atom. The highest BCUT2D eigenvalue weighted by atomic mass is 15.1. The summed E-state index contributed by atoms with van der Waals surface area (Å²) in [4.78, 5) is 2.54. The van der Waals surface area contributed by atoms with Crippen molar-refractivity contribution in [3.05, 3.63) is 0 Å². The second kappa shape index (κ2) is 7.49. The van der Waals surface area contributed by atoms with Crippen LogP contribution < -0.4 is 5.32 Å². The fourth-order valence-corrected chi connectivity index (χ4v) is 3.80. The quantitative estimate of drug-likeness (QED) is 0.780. The normalized spacial score (nSPS) is 30.2. The highest BCUT2D eigenvalue weighted by Gasteiger charge is 2.19. The van der Waals surface area contributed by atoms with E-state index in [1.807, 2.05) is 0 Å². The summed E-state index contributed by atoms with van der Waals surface area (Å²) in [5, 5.41) is 3.77. The molecule has 2 atom stereocenters. The highest BCUT2D eigenvalue weighted by molar-refractivity contribution is 4.76. The first-order valence-electron chi connectivity index (χ1n) is 8.16. The average Bonchev–Trinajstić information content (AvgIpc) is 2.82. The first-order valence-corrected chi connectivity index (χ1v) is 8.16. The second-order valence-electron chi connectivity index (χ2n) is 6.84. The summed E-state index contributed by atoms with van der Waals surface area (Å²) in [5.74, 6) is 1.93. The van der Waals surface area contributed by atoms with E-state index in [2.05, 4.69) is 24.2 Å². The third-order valence-electron chi connectivity index (χ3n) is 4.91. The van der Waals surface area contributed by atoms with Crippen molar-refractivity contribution in [2.45, 2.75) is 64.3 Å². The van der Waals surface area contributed by atoms with Crippen molar-refractivity contribution >= 4 is 0 Å². The van der Waals surface area contributed by atoms with Gasteiger partial charge in [-0.2, -0.15) is 0 Å². The fraction of sp³-hybridized carbons (Fsp3) is 1.00. The zero-order valence-corrected chi connectivity index (χ0v) is 12.5. The summed E-state index contributed by atoms with van der Waals surface area (Å²) in [5.41, 5.74) is 0. The Morgan fingerprint density at radius 3 is 2.56 bits per heavy atom. The Balaban J connectivity index is 1.53. The zero-order valence-electron chi connectivity index (χ0n) is 12.5. The van der Waals surface area contributed by atoms with Crippen molar-refractivity contribution in [3.8, 4) is 0 Å². The van der Waals surface area contributed by atoms with Crippen LogP contribution in [0.2, 0.25) is 0 Å². The maximum atomic E-state index is 3.77. The summed E-state index contributed by atoms with van der Waals surface area (Å²) >= 11 is 0. The van der Waals surface area contributed by atoms with Gasteiger partial charge in [0.2, 0.25) is 0 Å². The summed E-state index contributed by atoms with van der Waals surface area (Å²) in [6.45, 7) is 6.13. The Labute approximate surface area is 114 Å². The summed E-state index contributed by atoms with van der Waals surface area (Å²) in [6.07, 6.45) is 11.5. The van der Waals surface area contributed by atoms with Crippen LogP contribution in [0, 0.1) is 11.8 Å². The van der Waals surface area contributed by atoms with Gasteiger partial charge in [-0.05, 0) is 44.6 Å². The van der Waals surface area contributed by atoms with Gasteiger partial charge >= 0.3 is 0 Å². The van der Waals surface area contributed by atoms with Crippen LogP contribution in [0.5, 0.6) is 0 Å². The van der Waals surface area contributed by atoms with Crippen LogP contribution in [0.25, 0.3) is 0 Å². The van der Waals surface area contributed by atoms with Gasteiger partial charge in [-0.3, -0.25) is 0 Å². The predicted molar refractivity (Wildman–Crippen MR) is 78.9 cm³/mol. The molecule has 0 aromatic rings. The molecule has 0 aromatic carbocycles. The lowest BCUT2D eigenvalue weighted by Crippen LogP contribution is -2.39. The first kappa shape index (κ1) is 14.3. The molecule has 0 aromatic heterocycles. The van der Waals surface area contributed by atoms with Crippen LogP contribution in [0.15, 0.2) is 0 Å². The lowest BCUT2D eigenvalue weighted by Gasteiger charge is -2.28. The molecule has 0 amide bonds.